The van der Waals surface area contributed by atoms with Crippen LogP contribution in [-0.2, 0) is 27.3 Å². The Labute approximate surface area is 352 Å². The molecule has 5 saturated carbocycles. The predicted octanol–water partition coefficient (Wildman–Crippen LogP) is 10.00. The minimum atomic E-state index is -0.673. The van der Waals surface area contributed by atoms with Gasteiger partial charge < -0.3 is 24.5 Å². The van der Waals surface area contributed by atoms with Gasteiger partial charge in [-0.05, 0) is 142 Å². The normalized spacial score (nSPS) is 40.0. The number of hydrogen-bond acceptors (Lipinski definition) is 5. The Bertz CT molecular complexity index is 2220. The molecule has 7 heteroatoms. The SMILES string of the molecule is Cc1cc(C)cc(Cc2cn(CC3C4=C(C(C)CC(O)C5OC5(C)C)C(=O)C5CCCC6(CCC7C(C)(CCC(=O)C7(C)C7CCCC7)C6C3O)C45C)c3cc[nH]c23)c1. The van der Waals surface area contributed by atoms with Gasteiger partial charge in [-0.1, -0.05) is 76.3 Å². The molecule has 3 N–H and O–H groups in total. The number of aryl methyl sites for hydroxylation is 2. The second kappa shape index (κ2) is 13.5. The first kappa shape index (κ1) is 40.1. The van der Waals surface area contributed by atoms with Crippen LogP contribution in [0.3, 0.4) is 0 Å². The number of fused-ring (bicyclic) bond motifs is 3. The van der Waals surface area contributed by atoms with E-state index in [1.807, 2.05) is 20.0 Å². The van der Waals surface area contributed by atoms with E-state index in [1.165, 1.54) is 40.7 Å². The number of H-pyrrole nitrogens is 1. The van der Waals surface area contributed by atoms with Crippen LogP contribution in [0.5, 0.6) is 0 Å². The van der Waals surface area contributed by atoms with E-state index in [1.54, 1.807) is 0 Å². The van der Waals surface area contributed by atoms with Gasteiger partial charge in [-0.2, -0.15) is 0 Å². The van der Waals surface area contributed by atoms with Gasteiger partial charge in [0.15, 0.2) is 5.78 Å². The predicted molar refractivity (Wildman–Crippen MR) is 232 cm³/mol. The van der Waals surface area contributed by atoms with Gasteiger partial charge in [0.1, 0.15) is 11.9 Å². The maximum absolute atomic E-state index is 15.4. The third kappa shape index (κ3) is 5.54. The van der Waals surface area contributed by atoms with E-state index in [2.05, 4.69) is 81.6 Å². The molecule has 1 aliphatic heterocycles. The molecule has 1 spiro atoms. The van der Waals surface area contributed by atoms with Gasteiger partial charge in [-0.3, -0.25) is 9.59 Å². The molecule has 0 amide bonds. The van der Waals surface area contributed by atoms with Crippen LogP contribution in [0, 0.1) is 71.0 Å². The first-order chi connectivity index (χ1) is 28.0. The number of hydrogen-bond donors (Lipinski definition) is 3. The van der Waals surface area contributed by atoms with Crippen LogP contribution < -0.4 is 0 Å². The molecule has 0 radical (unpaired) electrons. The summed E-state index contributed by atoms with van der Waals surface area (Å²) in [6, 6.07) is 8.97. The molecule has 12 unspecified atom stereocenters. The third-order valence-electron chi connectivity index (χ3n) is 19.0. The number of carbonyl (C=O) groups excluding carboxylic acids is 2. The van der Waals surface area contributed by atoms with E-state index in [-0.39, 0.29) is 63.3 Å². The topological polar surface area (TPSA) is 108 Å². The molecule has 10 rings (SSSR count). The van der Waals surface area contributed by atoms with E-state index in [9.17, 15) is 15.0 Å². The quantitative estimate of drug-likeness (QED) is 0.187. The van der Waals surface area contributed by atoms with Gasteiger partial charge in [-0.15, -0.1) is 0 Å². The molecule has 7 nitrogen and oxygen atoms in total. The molecule has 12 atom stereocenters. The summed E-state index contributed by atoms with van der Waals surface area (Å²) in [5.74, 6) is 0.774. The number of aliphatic hydroxyl groups is 2. The first-order valence-electron chi connectivity index (χ1n) is 23.5. The number of rotatable bonds is 9. The molecule has 1 aromatic carbocycles. The maximum Gasteiger partial charge on any atom is 0.163 e. The van der Waals surface area contributed by atoms with Gasteiger partial charge in [0, 0.05) is 54.4 Å². The van der Waals surface area contributed by atoms with Crippen molar-refractivity contribution in [3.8, 4) is 0 Å². The van der Waals surface area contributed by atoms with Crippen LogP contribution in [0.15, 0.2) is 47.8 Å². The van der Waals surface area contributed by atoms with Crippen LogP contribution in [0.1, 0.15) is 141 Å². The number of carbonyl (C=O) groups is 2. The van der Waals surface area contributed by atoms with Crippen molar-refractivity contribution >= 4 is 22.6 Å². The van der Waals surface area contributed by atoms with Gasteiger partial charge in [0.25, 0.3) is 0 Å². The fraction of sp³-hybridized carbons (Fsp3) is 0.692. The van der Waals surface area contributed by atoms with Crippen molar-refractivity contribution in [1.29, 1.82) is 0 Å². The Morgan fingerprint density at radius 3 is 2.36 bits per heavy atom. The summed E-state index contributed by atoms with van der Waals surface area (Å²) in [5, 5.41) is 25.3. The Morgan fingerprint density at radius 2 is 1.66 bits per heavy atom. The highest BCUT2D eigenvalue weighted by Gasteiger charge is 2.76. The number of aliphatic hydroxyl groups excluding tert-OH is 2. The summed E-state index contributed by atoms with van der Waals surface area (Å²) in [6.45, 7) is 18.4. The van der Waals surface area contributed by atoms with Crippen molar-refractivity contribution < 1.29 is 24.5 Å². The maximum atomic E-state index is 15.4. The number of nitrogens with one attached hydrogen (secondary N) is 1. The highest BCUT2D eigenvalue weighted by Crippen LogP contribution is 2.79. The zero-order valence-electron chi connectivity index (χ0n) is 37.1. The average molecular weight is 803 g/mol. The number of ether oxygens (including phenoxy) is 1. The molecule has 0 bridgehead atoms. The molecule has 59 heavy (non-hydrogen) atoms. The minimum Gasteiger partial charge on any atom is -0.392 e. The number of benzene rings is 1. The number of aromatic amines is 1. The number of allylic oxidation sites excluding steroid dienone is 1. The van der Waals surface area contributed by atoms with Crippen molar-refractivity contribution in [2.45, 2.75) is 169 Å². The standard InChI is InChI=1S/C52H70N2O5/c1-29-22-30(2)24-32(23-29)26-33-27-54(37-17-21-53-43(33)37)28-35-42-41(31(3)25-38(55)47-48(4,5)59-47)45(58)36-14-11-18-52(51(36,42)8)20-15-39-49(6,46(52)44(35)57)19-16-40(56)50(39,7)34-12-9-10-13-34/h17,21-24,27,31,34-36,38-39,44,46-47,53,55,57H,9-16,18-20,25-26,28H2,1-8H3. The zero-order valence-corrected chi connectivity index (χ0v) is 37.1. The number of ketones is 2. The molecule has 3 aromatic rings. The molecule has 6 aliphatic carbocycles. The van der Waals surface area contributed by atoms with Crippen LogP contribution in [0.4, 0.5) is 0 Å². The molecular formula is C52H70N2O5. The third-order valence-corrected chi connectivity index (χ3v) is 19.0. The van der Waals surface area contributed by atoms with Gasteiger partial charge >= 0.3 is 0 Å². The fourth-order valence-electron chi connectivity index (χ4n) is 16.7. The molecule has 318 valence electrons. The molecule has 3 heterocycles. The zero-order chi connectivity index (χ0) is 41.6. The van der Waals surface area contributed by atoms with E-state index in [0.29, 0.717) is 31.1 Å². The van der Waals surface area contributed by atoms with Crippen molar-refractivity contribution in [3.63, 3.8) is 0 Å². The lowest BCUT2D eigenvalue weighted by Crippen LogP contribution is -2.71. The summed E-state index contributed by atoms with van der Waals surface area (Å²) < 4.78 is 8.32. The number of aromatic nitrogens is 2. The highest BCUT2D eigenvalue weighted by atomic mass is 16.6. The van der Waals surface area contributed by atoms with Crippen LogP contribution >= 0.6 is 0 Å². The lowest BCUT2D eigenvalue weighted by atomic mass is 9.31. The van der Waals surface area contributed by atoms with E-state index in [4.69, 9.17) is 4.74 Å². The summed E-state index contributed by atoms with van der Waals surface area (Å²) in [4.78, 5) is 33.4. The van der Waals surface area contributed by atoms with E-state index in [0.717, 1.165) is 74.4 Å². The second-order valence-corrected chi connectivity index (χ2v) is 22.4. The highest BCUT2D eigenvalue weighted by molar-refractivity contribution is 6.03. The largest absolute Gasteiger partial charge is 0.392 e. The van der Waals surface area contributed by atoms with Crippen molar-refractivity contribution in [3.05, 3.63) is 70.1 Å². The van der Waals surface area contributed by atoms with E-state index < -0.39 is 17.6 Å². The van der Waals surface area contributed by atoms with Crippen LogP contribution in [-0.4, -0.2) is 55.2 Å². The Morgan fingerprint density at radius 1 is 0.949 bits per heavy atom. The van der Waals surface area contributed by atoms with Gasteiger partial charge in [0.2, 0.25) is 0 Å². The average Bonchev–Trinajstić information content (AvgIpc) is 3.72. The molecule has 1 saturated heterocycles. The van der Waals surface area contributed by atoms with E-state index >= 15 is 4.79 Å². The van der Waals surface area contributed by atoms with Gasteiger partial charge in [-0.25, -0.2) is 0 Å². The summed E-state index contributed by atoms with van der Waals surface area (Å²) in [5.41, 5.74) is 7.81. The van der Waals surface area contributed by atoms with Gasteiger partial charge in [0.05, 0.1) is 28.8 Å². The Hall–Kier alpha value is -3.00. The Balaban J connectivity index is 1.13. The van der Waals surface area contributed by atoms with Crippen molar-refractivity contribution in [1.82, 2.24) is 9.55 Å². The lowest BCUT2D eigenvalue weighted by molar-refractivity contribution is -0.248. The summed E-state index contributed by atoms with van der Waals surface area (Å²) in [7, 11) is 0. The minimum absolute atomic E-state index is 0.0233. The number of epoxide rings is 1. The van der Waals surface area contributed by atoms with Crippen LogP contribution in [0.25, 0.3) is 11.0 Å². The number of nitrogens with zero attached hydrogens (tertiary/aromatic N) is 1. The molecule has 6 fully saturated rings. The smallest absolute Gasteiger partial charge is 0.163 e. The molecule has 2 aromatic heterocycles. The summed E-state index contributed by atoms with van der Waals surface area (Å²) >= 11 is 0. The van der Waals surface area contributed by atoms with Crippen LogP contribution in [0.2, 0.25) is 0 Å². The van der Waals surface area contributed by atoms with Crippen molar-refractivity contribution in [2.75, 3.05) is 0 Å². The lowest BCUT2D eigenvalue weighted by Gasteiger charge is -2.73. The number of Topliss-reactive ketones (excluding diaryl/α,β-unsaturated/α-hetero) is 2. The monoisotopic (exact) mass is 803 g/mol. The molecule has 7 aliphatic rings. The molecular weight excluding hydrogens is 733 g/mol. The fourth-order valence-corrected chi connectivity index (χ4v) is 16.7. The Kier molecular flexibility index (Phi) is 9.17. The second-order valence-electron chi connectivity index (χ2n) is 22.4. The summed E-state index contributed by atoms with van der Waals surface area (Å²) in [6.07, 6.45) is 15.0. The first-order valence-corrected chi connectivity index (χ1v) is 23.5. The van der Waals surface area contributed by atoms with Crippen molar-refractivity contribution in [2.24, 2.45) is 57.2 Å².